The summed E-state index contributed by atoms with van der Waals surface area (Å²) in [6.45, 7) is 3.98. The second-order valence-electron chi connectivity index (χ2n) is 6.34. The molecule has 0 radical (unpaired) electrons. The van der Waals surface area contributed by atoms with Gasteiger partial charge in [0.2, 0.25) is 0 Å². The molecule has 0 saturated carbocycles. The van der Waals surface area contributed by atoms with Crippen LogP contribution in [0.1, 0.15) is 23.6 Å². The van der Waals surface area contributed by atoms with Crippen LogP contribution in [0.4, 0.5) is 8.78 Å². The Morgan fingerprint density at radius 1 is 1.11 bits per heavy atom. The lowest BCUT2D eigenvalue weighted by atomic mass is 10.1. The Labute approximate surface area is 163 Å². The summed E-state index contributed by atoms with van der Waals surface area (Å²) >= 11 is 0. The molecule has 0 aliphatic heterocycles. The fourth-order valence-corrected chi connectivity index (χ4v) is 2.79. The highest BCUT2D eigenvalue weighted by Crippen LogP contribution is 2.10. The molecule has 1 aromatic heterocycles. The van der Waals surface area contributed by atoms with Crippen LogP contribution < -0.4 is 10.6 Å². The van der Waals surface area contributed by atoms with E-state index < -0.39 is 11.6 Å². The number of rotatable bonds is 7. The average Bonchev–Trinajstić information content (AvgIpc) is 3.20. The second-order valence-corrected chi connectivity index (χ2v) is 6.34. The lowest BCUT2D eigenvalue weighted by Gasteiger charge is -2.12. The van der Waals surface area contributed by atoms with Gasteiger partial charge < -0.3 is 15.2 Å². The molecule has 28 heavy (non-hydrogen) atoms. The second kappa shape index (κ2) is 9.64. The van der Waals surface area contributed by atoms with Crippen molar-refractivity contribution in [1.29, 1.82) is 0 Å². The first-order valence-electron chi connectivity index (χ1n) is 9.13. The summed E-state index contributed by atoms with van der Waals surface area (Å²) in [6.07, 6.45) is 5.46. The molecule has 3 rings (SSSR count). The van der Waals surface area contributed by atoms with E-state index in [1.165, 1.54) is 6.07 Å². The van der Waals surface area contributed by atoms with Crippen molar-refractivity contribution in [2.45, 2.75) is 26.6 Å². The number of hydrogen-bond donors (Lipinski definition) is 2. The molecule has 0 unspecified atom stereocenters. The van der Waals surface area contributed by atoms with Crippen LogP contribution in [0.2, 0.25) is 0 Å². The van der Waals surface area contributed by atoms with Crippen molar-refractivity contribution < 1.29 is 8.78 Å². The van der Waals surface area contributed by atoms with E-state index in [0.717, 1.165) is 29.8 Å². The summed E-state index contributed by atoms with van der Waals surface area (Å²) < 4.78 is 29.1. The summed E-state index contributed by atoms with van der Waals surface area (Å²) in [7, 11) is 0. The van der Waals surface area contributed by atoms with E-state index in [-0.39, 0.29) is 12.1 Å². The first kappa shape index (κ1) is 19.5. The molecule has 0 aliphatic carbocycles. The van der Waals surface area contributed by atoms with Crippen molar-refractivity contribution in [2.24, 2.45) is 4.99 Å². The average molecular weight is 383 g/mol. The molecule has 1 heterocycles. The van der Waals surface area contributed by atoms with Gasteiger partial charge in [-0.1, -0.05) is 24.3 Å². The van der Waals surface area contributed by atoms with E-state index in [0.29, 0.717) is 19.0 Å². The molecule has 2 aromatic carbocycles. The molecule has 0 aliphatic rings. The Morgan fingerprint density at radius 3 is 2.75 bits per heavy atom. The van der Waals surface area contributed by atoms with Crippen LogP contribution in [-0.2, 0) is 19.6 Å². The lowest BCUT2D eigenvalue weighted by Crippen LogP contribution is -2.37. The molecular weight excluding hydrogens is 360 g/mol. The Hall–Kier alpha value is -3.22. The van der Waals surface area contributed by atoms with Crippen molar-refractivity contribution in [3.05, 3.63) is 89.5 Å². The van der Waals surface area contributed by atoms with Gasteiger partial charge in [0, 0.05) is 37.6 Å². The molecular formula is C21H23F2N5. The number of hydrogen-bond acceptors (Lipinski definition) is 2. The smallest absolute Gasteiger partial charge is 0.191 e. The predicted molar refractivity (Wildman–Crippen MR) is 106 cm³/mol. The van der Waals surface area contributed by atoms with Crippen molar-refractivity contribution in [2.75, 3.05) is 6.54 Å². The number of imidazole rings is 1. The Bertz CT molecular complexity index is 922. The standard InChI is InChI=1S/C21H23F2N5/c1-2-25-21(27-13-18-11-19(22)6-7-20(18)23)26-12-16-4-3-5-17(10-16)14-28-9-8-24-15-28/h3-11,15H,2,12-14H2,1H3,(H2,25,26,27). The topological polar surface area (TPSA) is 54.2 Å². The van der Waals surface area contributed by atoms with Gasteiger partial charge in [0.25, 0.3) is 0 Å². The molecule has 0 saturated heterocycles. The fraction of sp³-hybridized carbons (Fsp3) is 0.238. The summed E-state index contributed by atoms with van der Waals surface area (Å²) in [5, 5.41) is 6.16. The third-order valence-corrected chi connectivity index (χ3v) is 4.13. The zero-order valence-electron chi connectivity index (χ0n) is 15.7. The van der Waals surface area contributed by atoms with E-state index >= 15 is 0 Å². The highest BCUT2D eigenvalue weighted by molar-refractivity contribution is 5.79. The lowest BCUT2D eigenvalue weighted by molar-refractivity contribution is 0.581. The summed E-state index contributed by atoms with van der Waals surface area (Å²) in [5.41, 5.74) is 2.48. The maximum absolute atomic E-state index is 13.8. The van der Waals surface area contributed by atoms with Crippen molar-refractivity contribution in [3.63, 3.8) is 0 Å². The van der Waals surface area contributed by atoms with Gasteiger partial charge in [0.1, 0.15) is 11.6 Å². The van der Waals surface area contributed by atoms with Gasteiger partial charge in [-0.15, -0.1) is 0 Å². The Kier molecular flexibility index (Phi) is 6.73. The SMILES string of the molecule is CCNC(=NCc1cccc(Cn2ccnc2)c1)NCc1cc(F)ccc1F. The molecule has 0 spiro atoms. The number of benzene rings is 2. The van der Waals surface area contributed by atoms with Crippen LogP contribution in [0, 0.1) is 11.6 Å². The molecule has 0 amide bonds. The third kappa shape index (κ3) is 5.64. The molecule has 3 aromatic rings. The monoisotopic (exact) mass is 383 g/mol. The van der Waals surface area contributed by atoms with Gasteiger partial charge in [-0.2, -0.15) is 0 Å². The largest absolute Gasteiger partial charge is 0.357 e. The van der Waals surface area contributed by atoms with Crippen molar-refractivity contribution in [3.8, 4) is 0 Å². The number of nitrogens with one attached hydrogen (secondary N) is 2. The highest BCUT2D eigenvalue weighted by atomic mass is 19.1. The normalized spacial score (nSPS) is 11.5. The summed E-state index contributed by atoms with van der Waals surface area (Å²) in [6, 6.07) is 11.6. The van der Waals surface area contributed by atoms with Crippen LogP contribution in [0.5, 0.6) is 0 Å². The van der Waals surface area contributed by atoms with Crippen LogP contribution in [0.25, 0.3) is 0 Å². The van der Waals surface area contributed by atoms with Crippen LogP contribution in [0.15, 0.2) is 66.2 Å². The molecule has 0 bridgehead atoms. The first-order chi connectivity index (χ1) is 13.6. The maximum atomic E-state index is 13.8. The van der Waals surface area contributed by atoms with E-state index in [1.807, 2.05) is 29.8 Å². The zero-order chi connectivity index (χ0) is 19.8. The zero-order valence-corrected chi connectivity index (χ0v) is 15.7. The molecule has 0 atom stereocenters. The minimum absolute atomic E-state index is 0.149. The first-order valence-corrected chi connectivity index (χ1v) is 9.13. The van der Waals surface area contributed by atoms with E-state index in [1.54, 1.807) is 12.5 Å². The summed E-state index contributed by atoms with van der Waals surface area (Å²) in [4.78, 5) is 8.60. The van der Waals surface area contributed by atoms with Crippen LogP contribution >= 0.6 is 0 Å². The van der Waals surface area contributed by atoms with Crippen molar-refractivity contribution >= 4 is 5.96 Å². The van der Waals surface area contributed by atoms with Crippen molar-refractivity contribution in [1.82, 2.24) is 20.2 Å². The quantitative estimate of drug-likeness (QED) is 0.485. The molecule has 7 heteroatoms. The van der Waals surface area contributed by atoms with Gasteiger partial charge in [-0.25, -0.2) is 18.8 Å². The van der Waals surface area contributed by atoms with E-state index in [2.05, 4.69) is 32.7 Å². The number of aliphatic imine (C=N–C) groups is 1. The van der Waals surface area contributed by atoms with Gasteiger partial charge >= 0.3 is 0 Å². The fourth-order valence-electron chi connectivity index (χ4n) is 2.79. The minimum Gasteiger partial charge on any atom is -0.357 e. The van der Waals surface area contributed by atoms with Crippen LogP contribution in [0.3, 0.4) is 0 Å². The Balaban J connectivity index is 1.64. The van der Waals surface area contributed by atoms with E-state index in [9.17, 15) is 8.78 Å². The van der Waals surface area contributed by atoms with Gasteiger partial charge in [-0.3, -0.25) is 0 Å². The predicted octanol–water partition coefficient (Wildman–Crippen LogP) is 3.46. The number of halogens is 2. The number of aromatic nitrogens is 2. The maximum Gasteiger partial charge on any atom is 0.191 e. The molecule has 5 nitrogen and oxygen atoms in total. The Morgan fingerprint density at radius 2 is 1.96 bits per heavy atom. The number of guanidine groups is 1. The van der Waals surface area contributed by atoms with Crippen LogP contribution in [-0.4, -0.2) is 22.1 Å². The van der Waals surface area contributed by atoms with Gasteiger partial charge in [0.15, 0.2) is 5.96 Å². The third-order valence-electron chi connectivity index (χ3n) is 4.13. The molecule has 146 valence electrons. The van der Waals surface area contributed by atoms with E-state index in [4.69, 9.17) is 0 Å². The van der Waals surface area contributed by atoms with Gasteiger partial charge in [-0.05, 0) is 36.2 Å². The molecule has 2 N–H and O–H groups in total. The summed E-state index contributed by atoms with van der Waals surface area (Å²) in [5.74, 6) is -0.363. The van der Waals surface area contributed by atoms with Gasteiger partial charge in [0.05, 0.1) is 12.9 Å². The number of nitrogens with zero attached hydrogens (tertiary/aromatic N) is 3. The molecule has 0 fully saturated rings. The minimum atomic E-state index is -0.463. The highest BCUT2D eigenvalue weighted by Gasteiger charge is 2.05.